The van der Waals surface area contributed by atoms with Crippen LogP contribution < -0.4 is 11.2 Å². The Morgan fingerprint density at radius 1 is 1.22 bits per heavy atom. The van der Waals surface area contributed by atoms with E-state index in [-0.39, 0.29) is 0 Å². The zero-order chi connectivity index (χ0) is 30.9. The van der Waals surface area contributed by atoms with Gasteiger partial charge in [0.15, 0.2) is 24.3 Å². The maximum Gasteiger partial charge on any atom is 0.481 e. The van der Waals surface area contributed by atoms with Gasteiger partial charge in [0.2, 0.25) is 0 Å². The molecule has 0 radical (unpaired) electrons. The van der Waals surface area contributed by atoms with Crippen molar-refractivity contribution in [3.63, 3.8) is 0 Å². The Morgan fingerprint density at radius 3 is 2.46 bits per heavy atom. The average Bonchev–Trinajstić information content (AvgIpc) is 3.11. The fraction of sp³-hybridized carbons (Fsp3) is 0.684. The van der Waals surface area contributed by atoms with E-state index >= 15 is 0 Å². The van der Waals surface area contributed by atoms with Gasteiger partial charge >= 0.3 is 20.2 Å². The number of rotatable bonds is 10. The number of aromatic amines is 1. The highest BCUT2D eigenvalue weighted by Gasteiger charge is 2.56. The lowest BCUT2D eigenvalue weighted by Crippen LogP contribution is -2.60. The molecule has 0 spiro atoms. The standard InChI is InChI=1S/C19H27FN2O16P2S/c1-2-4-19(30)15(28)9(35-17(19)22-5-3-10(24)21-18(22)29)7-34-40(33,41)38-39(31,32)37-16-13(27)11(25)12(26)14(36-16)8(20)6-23/h3,5,8-9,11-17,23,25-28,30H,6-7H2,1H3,(H,31,32)(H,33,41)(H,21,24,29)/t8-,9+,11?,12?,13?,14?,15+,16?,17+,19+,40?/m0/s1. The van der Waals surface area contributed by atoms with Crippen molar-refractivity contribution in [3.8, 4) is 11.8 Å². The van der Waals surface area contributed by atoms with Crippen molar-refractivity contribution >= 4 is 26.3 Å². The fourth-order valence-electron chi connectivity index (χ4n) is 3.96. The van der Waals surface area contributed by atoms with Gasteiger partial charge in [0.25, 0.3) is 5.56 Å². The summed E-state index contributed by atoms with van der Waals surface area (Å²) in [7, 11) is -5.56. The summed E-state index contributed by atoms with van der Waals surface area (Å²) in [5, 5.41) is 60.3. The summed E-state index contributed by atoms with van der Waals surface area (Å²) in [6.45, 7) is -5.64. The van der Waals surface area contributed by atoms with Crippen LogP contribution in [0.1, 0.15) is 13.2 Å². The highest BCUT2D eigenvalue weighted by Crippen LogP contribution is 2.62. The zero-order valence-corrected chi connectivity index (χ0v) is 23.3. The quantitative estimate of drug-likeness (QED) is 0.0861. The maximum atomic E-state index is 13.9. The first-order valence-corrected chi connectivity index (χ1v) is 15.5. The molecule has 22 heteroatoms. The van der Waals surface area contributed by atoms with Crippen LogP contribution in [0, 0.1) is 11.8 Å². The topological polar surface area (TPSA) is 280 Å². The lowest BCUT2D eigenvalue weighted by atomic mass is 9.94. The van der Waals surface area contributed by atoms with Crippen LogP contribution in [0.15, 0.2) is 21.9 Å². The summed E-state index contributed by atoms with van der Waals surface area (Å²) in [5.74, 6) is 4.64. The molecule has 1 aromatic heterocycles. The van der Waals surface area contributed by atoms with Gasteiger partial charge < -0.3 is 54.4 Å². The molecule has 2 fully saturated rings. The number of halogens is 1. The Kier molecular flexibility index (Phi) is 10.8. The molecule has 12 atom stereocenters. The van der Waals surface area contributed by atoms with Crippen molar-refractivity contribution in [3.05, 3.63) is 33.1 Å². The Labute approximate surface area is 234 Å². The van der Waals surface area contributed by atoms with Gasteiger partial charge in [-0.15, -0.1) is 5.92 Å². The van der Waals surface area contributed by atoms with E-state index in [0.717, 1.165) is 12.3 Å². The van der Waals surface area contributed by atoms with Gasteiger partial charge in [0.1, 0.15) is 36.6 Å². The molecular formula is C19H27FN2O16P2S. The molecule has 2 saturated heterocycles. The van der Waals surface area contributed by atoms with Crippen LogP contribution in [0.4, 0.5) is 4.39 Å². The Morgan fingerprint density at radius 2 is 1.88 bits per heavy atom. The third-order valence-electron chi connectivity index (χ3n) is 5.90. The Bertz CT molecular complexity index is 1370. The number of aliphatic hydroxyl groups excluding tert-OH is 5. The predicted molar refractivity (Wildman–Crippen MR) is 133 cm³/mol. The second-order valence-electron chi connectivity index (χ2n) is 8.75. The normalized spacial score (nSPS) is 37.4. The van der Waals surface area contributed by atoms with Crippen LogP contribution in [0.2, 0.25) is 0 Å². The summed E-state index contributed by atoms with van der Waals surface area (Å²) < 4.78 is 51.3. The summed E-state index contributed by atoms with van der Waals surface area (Å²) in [5.41, 5.74) is -4.27. The molecule has 2 aliphatic rings. The van der Waals surface area contributed by atoms with E-state index in [4.69, 9.17) is 19.1 Å². The molecule has 3 heterocycles. The molecule has 0 amide bonds. The molecule has 0 saturated carbocycles. The van der Waals surface area contributed by atoms with E-state index in [1.807, 2.05) is 4.98 Å². The van der Waals surface area contributed by atoms with Gasteiger partial charge in [-0.05, 0) is 18.7 Å². The number of hydrogen-bond acceptors (Lipinski definition) is 15. The Hall–Kier alpha value is -1.47. The minimum atomic E-state index is -5.56. The predicted octanol–water partition coefficient (Wildman–Crippen LogP) is -3.95. The number of alkyl halides is 1. The zero-order valence-electron chi connectivity index (χ0n) is 20.7. The van der Waals surface area contributed by atoms with Crippen LogP contribution in [0.25, 0.3) is 0 Å². The van der Waals surface area contributed by atoms with Crippen LogP contribution in [0.5, 0.6) is 0 Å². The molecule has 3 rings (SSSR count). The van der Waals surface area contributed by atoms with Gasteiger partial charge in [-0.3, -0.25) is 18.9 Å². The van der Waals surface area contributed by atoms with Gasteiger partial charge in [-0.25, -0.2) is 18.1 Å². The second kappa shape index (κ2) is 13.0. The highest BCUT2D eigenvalue weighted by atomic mass is 32.5. The molecule has 1 aromatic rings. The third-order valence-corrected chi connectivity index (χ3v) is 9.41. The molecule has 0 bridgehead atoms. The van der Waals surface area contributed by atoms with E-state index in [1.54, 1.807) is 0 Å². The molecule has 0 aliphatic carbocycles. The largest absolute Gasteiger partial charge is 0.481 e. The average molecular weight is 652 g/mol. The van der Waals surface area contributed by atoms with Crippen LogP contribution in [-0.2, 0) is 39.2 Å². The van der Waals surface area contributed by atoms with E-state index in [1.165, 1.54) is 6.92 Å². The summed E-state index contributed by atoms with van der Waals surface area (Å²) >= 11 is 4.66. The van der Waals surface area contributed by atoms with Crippen molar-refractivity contribution in [2.24, 2.45) is 0 Å². The lowest BCUT2D eigenvalue weighted by molar-refractivity contribution is -0.287. The summed E-state index contributed by atoms with van der Waals surface area (Å²) in [4.78, 5) is 45.9. The SMILES string of the molecule is CC#C[C@@]1(O)[C@H](O)[C@@H](COP(O)(=S)OP(=O)(O)OC2OC([C@@H](F)CO)C(O)C(O)C2O)O[C@H]1n1ccc(=O)[nH]c1=O. The molecule has 18 nitrogen and oxygen atoms in total. The van der Waals surface area contributed by atoms with Crippen molar-refractivity contribution in [2.75, 3.05) is 13.2 Å². The van der Waals surface area contributed by atoms with E-state index in [0.29, 0.717) is 4.57 Å². The van der Waals surface area contributed by atoms with Gasteiger partial charge in [0, 0.05) is 12.3 Å². The van der Waals surface area contributed by atoms with Crippen LogP contribution >= 0.6 is 14.5 Å². The first-order valence-electron chi connectivity index (χ1n) is 11.4. The maximum absolute atomic E-state index is 13.9. The van der Waals surface area contributed by atoms with E-state index < -0.39 is 99.9 Å². The number of aliphatic hydroxyl groups is 6. The number of aromatic nitrogens is 2. The van der Waals surface area contributed by atoms with Crippen molar-refractivity contribution in [2.45, 2.75) is 67.8 Å². The minimum absolute atomic E-state index is 0.711. The van der Waals surface area contributed by atoms with Gasteiger partial charge in [-0.2, -0.15) is 0 Å². The fourth-order valence-corrected chi connectivity index (χ4v) is 7.06. The summed E-state index contributed by atoms with van der Waals surface area (Å²) in [6.07, 6.45) is -17.4. The molecule has 0 aromatic carbocycles. The smallest absolute Gasteiger partial charge is 0.393 e. The number of nitrogens with zero attached hydrogens (tertiary/aromatic N) is 1. The number of nitrogens with one attached hydrogen (secondary N) is 1. The van der Waals surface area contributed by atoms with E-state index in [9.17, 15) is 53.9 Å². The molecule has 41 heavy (non-hydrogen) atoms. The third kappa shape index (κ3) is 7.55. The number of phosphoric ester groups is 1. The number of hydrogen-bond donors (Lipinski definition) is 9. The lowest BCUT2D eigenvalue weighted by Gasteiger charge is -2.41. The van der Waals surface area contributed by atoms with Crippen LogP contribution in [-0.4, -0.2) is 118 Å². The van der Waals surface area contributed by atoms with Gasteiger partial charge in [-0.1, -0.05) is 5.92 Å². The monoisotopic (exact) mass is 652 g/mol. The molecule has 2 aliphatic heterocycles. The molecular weight excluding hydrogens is 625 g/mol. The van der Waals surface area contributed by atoms with Crippen molar-refractivity contribution in [1.29, 1.82) is 0 Å². The number of ether oxygens (including phenoxy) is 2. The van der Waals surface area contributed by atoms with E-state index in [2.05, 4.69) is 32.5 Å². The highest BCUT2D eigenvalue weighted by molar-refractivity contribution is 8.08. The second-order valence-corrected chi connectivity index (χ2v) is 13.1. The van der Waals surface area contributed by atoms with Crippen molar-refractivity contribution in [1.82, 2.24) is 9.55 Å². The van der Waals surface area contributed by atoms with Crippen molar-refractivity contribution < 1.29 is 72.2 Å². The molecule has 7 unspecified atom stereocenters. The number of phosphoric acid groups is 1. The van der Waals surface area contributed by atoms with Crippen LogP contribution in [0.3, 0.4) is 0 Å². The first kappa shape index (κ1) is 34.0. The first-order chi connectivity index (χ1) is 19.0. The molecule has 9 N–H and O–H groups in total. The van der Waals surface area contributed by atoms with Gasteiger partial charge in [0.05, 0.1) is 13.2 Å². The minimum Gasteiger partial charge on any atom is -0.393 e. The molecule has 232 valence electrons. The number of H-pyrrole nitrogens is 1. The summed E-state index contributed by atoms with van der Waals surface area (Å²) in [6, 6.07) is 0.924. The Balaban J connectivity index is 1.71.